The third-order valence-electron chi connectivity index (χ3n) is 2.99. The van der Waals surface area contributed by atoms with E-state index in [1.807, 2.05) is 19.9 Å². The predicted molar refractivity (Wildman–Crippen MR) is 78.8 cm³/mol. The maximum Gasteiger partial charge on any atom is 0.220 e. The van der Waals surface area contributed by atoms with Crippen molar-refractivity contribution in [3.8, 4) is 0 Å². The molecule has 0 saturated carbocycles. The molecular formula is C13H20BrNO2S. The molecule has 102 valence electrons. The van der Waals surface area contributed by atoms with E-state index >= 15 is 0 Å². The fraction of sp³-hybridized carbons (Fsp3) is 0.615. The van der Waals surface area contributed by atoms with Gasteiger partial charge < -0.3 is 10.4 Å². The maximum atomic E-state index is 11.7. The second-order valence-electron chi connectivity index (χ2n) is 4.58. The van der Waals surface area contributed by atoms with Crippen LogP contribution in [-0.4, -0.2) is 23.7 Å². The highest BCUT2D eigenvalue weighted by atomic mass is 79.9. The van der Waals surface area contributed by atoms with Crippen molar-refractivity contribution in [2.45, 2.75) is 39.2 Å². The van der Waals surface area contributed by atoms with E-state index in [4.69, 9.17) is 5.11 Å². The van der Waals surface area contributed by atoms with Gasteiger partial charge in [-0.05, 0) is 53.7 Å². The molecule has 0 aromatic carbocycles. The standard InChI is InChI=1S/C13H20BrNO2S/c1-9(8-16)10(2)15-13(17)5-3-4-11-6-7-12(14)18-11/h6-7,9-10,16H,3-5,8H2,1-2H3,(H,15,17). The van der Waals surface area contributed by atoms with Crippen LogP contribution in [0.1, 0.15) is 31.6 Å². The quantitative estimate of drug-likeness (QED) is 0.805. The van der Waals surface area contributed by atoms with E-state index in [0.717, 1.165) is 16.6 Å². The first-order valence-corrected chi connectivity index (χ1v) is 7.78. The molecule has 0 fully saturated rings. The molecule has 0 radical (unpaired) electrons. The average molecular weight is 334 g/mol. The van der Waals surface area contributed by atoms with E-state index in [1.54, 1.807) is 11.3 Å². The molecular weight excluding hydrogens is 314 g/mol. The zero-order valence-electron chi connectivity index (χ0n) is 10.8. The third kappa shape index (κ3) is 5.50. The lowest BCUT2D eigenvalue weighted by Gasteiger charge is -2.19. The van der Waals surface area contributed by atoms with Crippen LogP contribution >= 0.6 is 27.3 Å². The number of halogens is 1. The highest BCUT2D eigenvalue weighted by molar-refractivity contribution is 9.11. The van der Waals surface area contributed by atoms with Crippen molar-refractivity contribution >= 4 is 33.2 Å². The van der Waals surface area contributed by atoms with E-state index < -0.39 is 0 Å². The number of carbonyl (C=O) groups is 1. The SMILES string of the molecule is CC(CO)C(C)NC(=O)CCCc1ccc(Br)s1. The lowest BCUT2D eigenvalue weighted by Crippen LogP contribution is -2.38. The number of carbonyl (C=O) groups excluding carboxylic acids is 1. The van der Waals surface area contributed by atoms with E-state index in [-0.39, 0.29) is 24.5 Å². The maximum absolute atomic E-state index is 11.7. The molecule has 0 aliphatic heterocycles. The number of hydrogen-bond acceptors (Lipinski definition) is 3. The van der Waals surface area contributed by atoms with Crippen molar-refractivity contribution in [1.29, 1.82) is 0 Å². The fourth-order valence-corrected chi connectivity index (χ4v) is 3.06. The summed E-state index contributed by atoms with van der Waals surface area (Å²) in [6.07, 6.45) is 2.34. The summed E-state index contributed by atoms with van der Waals surface area (Å²) in [4.78, 5) is 13.0. The van der Waals surface area contributed by atoms with Gasteiger partial charge in [-0.3, -0.25) is 4.79 Å². The first-order chi connectivity index (χ1) is 8.52. The number of aliphatic hydroxyl groups is 1. The van der Waals surface area contributed by atoms with Crippen molar-refractivity contribution in [3.63, 3.8) is 0 Å². The molecule has 5 heteroatoms. The molecule has 3 nitrogen and oxygen atoms in total. The lowest BCUT2D eigenvalue weighted by atomic mass is 10.0. The minimum absolute atomic E-state index is 0.0263. The van der Waals surface area contributed by atoms with Crippen LogP contribution in [0.15, 0.2) is 15.9 Å². The molecule has 0 saturated heterocycles. The Morgan fingerprint density at radius 2 is 2.22 bits per heavy atom. The second-order valence-corrected chi connectivity index (χ2v) is 7.12. The van der Waals surface area contributed by atoms with Crippen LogP contribution in [0.2, 0.25) is 0 Å². The minimum Gasteiger partial charge on any atom is -0.396 e. The van der Waals surface area contributed by atoms with Crippen LogP contribution in [0.5, 0.6) is 0 Å². The highest BCUT2D eigenvalue weighted by Crippen LogP contribution is 2.23. The van der Waals surface area contributed by atoms with Crippen LogP contribution in [0, 0.1) is 5.92 Å². The first-order valence-electron chi connectivity index (χ1n) is 6.17. The largest absolute Gasteiger partial charge is 0.396 e. The number of thiophene rings is 1. The van der Waals surface area contributed by atoms with Gasteiger partial charge in [0.25, 0.3) is 0 Å². The highest BCUT2D eigenvalue weighted by Gasteiger charge is 2.13. The molecule has 18 heavy (non-hydrogen) atoms. The van der Waals surface area contributed by atoms with Crippen molar-refractivity contribution in [2.24, 2.45) is 5.92 Å². The number of aryl methyl sites for hydroxylation is 1. The third-order valence-corrected chi connectivity index (χ3v) is 4.67. The molecule has 0 spiro atoms. The minimum atomic E-state index is 0.0263. The number of amides is 1. The van der Waals surface area contributed by atoms with Gasteiger partial charge in [0.2, 0.25) is 5.91 Å². The Balaban J connectivity index is 2.21. The van der Waals surface area contributed by atoms with Gasteiger partial charge in [0.15, 0.2) is 0 Å². The van der Waals surface area contributed by atoms with Gasteiger partial charge in [0.05, 0.1) is 3.79 Å². The van der Waals surface area contributed by atoms with E-state index in [1.165, 1.54) is 4.88 Å². The predicted octanol–water partition coefficient (Wildman–Crippen LogP) is 2.97. The average Bonchev–Trinajstić information content (AvgIpc) is 2.73. The molecule has 1 aromatic heterocycles. The zero-order chi connectivity index (χ0) is 13.5. The molecule has 0 bridgehead atoms. The van der Waals surface area contributed by atoms with Crippen LogP contribution in [0.25, 0.3) is 0 Å². The summed E-state index contributed by atoms with van der Waals surface area (Å²) in [5, 5.41) is 11.9. The normalized spacial score (nSPS) is 14.2. The van der Waals surface area contributed by atoms with Crippen LogP contribution in [-0.2, 0) is 11.2 Å². The Kier molecular flexibility index (Phi) is 6.89. The van der Waals surface area contributed by atoms with Crippen molar-refractivity contribution < 1.29 is 9.90 Å². The molecule has 0 aliphatic carbocycles. The molecule has 1 amide bonds. The molecule has 1 heterocycles. The molecule has 1 rings (SSSR count). The van der Waals surface area contributed by atoms with Gasteiger partial charge in [-0.25, -0.2) is 0 Å². The van der Waals surface area contributed by atoms with Gasteiger partial charge in [-0.2, -0.15) is 0 Å². The van der Waals surface area contributed by atoms with Crippen LogP contribution in [0.4, 0.5) is 0 Å². The Morgan fingerprint density at radius 1 is 1.50 bits per heavy atom. The van der Waals surface area contributed by atoms with Crippen molar-refractivity contribution in [3.05, 3.63) is 20.8 Å². The van der Waals surface area contributed by atoms with Gasteiger partial charge >= 0.3 is 0 Å². The summed E-state index contributed by atoms with van der Waals surface area (Å²) in [5.41, 5.74) is 0. The molecule has 1 aromatic rings. The summed E-state index contributed by atoms with van der Waals surface area (Å²) < 4.78 is 1.13. The van der Waals surface area contributed by atoms with Crippen molar-refractivity contribution in [1.82, 2.24) is 5.32 Å². The summed E-state index contributed by atoms with van der Waals surface area (Å²) >= 11 is 5.14. The smallest absolute Gasteiger partial charge is 0.220 e. The van der Waals surface area contributed by atoms with Gasteiger partial charge in [-0.1, -0.05) is 6.92 Å². The Hall–Kier alpha value is -0.390. The Morgan fingerprint density at radius 3 is 2.78 bits per heavy atom. The number of nitrogens with one attached hydrogen (secondary N) is 1. The zero-order valence-corrected chi connectivity index (χ0v) is 13.2. The molecule has 0 aliphatic rings. The van der Waals surface area contributed by atoms with Crippen LogP contribution < -0.4 is 5.32 Å². The van der Waals surface area contributed by atoms with Gasteiger partial charge in [0.1, 0.15) is 0 Å². The van der Waals surface area contributed by atoms with Gasteiger partial charge in [-0.15, -0.1) is 11.3 Å². The number of aliphatic hydroxyl groups excluding tert-OH is 1. The first kappa shape index (κ1) is 15.7. The summed E-state index contributed by atoms with van der Waals surface area (Å²) in [6, 6.07) is 4.15. The summed E-state index contributed by atoms with van der Waals surface area (Å²) in [7, 11) is 0. The molecule has 2 unspecified atom stereocenters. The van der Waals surface area contributed by atoms with E-state index in [0.29, 0.717) is 6.42 Å². The molecule has 2 atom stereocenters. The summed E-state index contributed by atoms with van der Waals surface area (Å²) in [6.45, 7) is 3.95. The topological polar surface area (TPSA) is 49.3 Å². The fourth-order valence-electron chi connectivity index (χ4n) is 1.54. The van der Waals surface area contributed by atoms with E-state index in [2.05, 4.69) is 27.3 Å². The van der Waals surface area contributed by atoms with Crippen LogP contribution in [0.3, 0.4) is 0 Å². The van der Waals surface area contributed by atoms with Gasteiger partial charge in [0, 0.05) is 23.9 Å². The Labute approximate surface area is 121 Å². The second kappa shape index (κ2) is 7.92. The monoisotopic (exact) mass is 333 g/mol. The van der Waals surface area contributed by atoms with Crippen molar-refractivity contribution in [2.75, 3.05) is 6.61 Å². The number of hydrogen-bond donors (Lipinski definition) is 2. The lowest BCUT2D eigenvalue weighted by molar-refractivity contribution is -0.122. The summed E-state index contributed by atoms with van der Waals surface area (Å²) in [5.74, 6) is 0.167. The number of rotatable bonds is 7. The Bertz CT molecular complexity index is 381. The molecule has 2 N–H and O–H groups in total. The van der Waals surface area contributed by atoms with E-state index in [9.17, 15) is 4.79 Å².